The van der Waals surface area contributed by atoms with Crippen molar-refractivity contribution in [1.29, 1.82) is 0 Å². The first kappa shape index (κ1) is 16.2. The number of alkyl halides is 2. The number of aliphatic hydroxyl groups excluding tert-OH is 1. The van der Waals surface area contributed by atoms with Crippen molar-refractivity contribution in [1.82, 2.24) is 0 Å². The lowest BCUT2D eigenvalue weighted by Gasteiger charge is -2.25. The molecule has 1 fully saturated rings. The number of sulfone groups is 1. The number of rotatable bonds is 5. The van der Waals surface area contributed by atoms with Crippen LogP contribution in [0.4, 0.5) is 14.5 Å². The lowest BCUT2D eigenvalue weighted by atomic mass is 9.87. The average Bonchev–Trinajstić information content (AvgIpc) is 2.47. The summed E-state index contributed by atoms with van der Waals surface area (Å²) < 4.78 is 47.4. The fraction of sp³-hybridized carbons (Fsp3) is 0.571. The first-order chi connectivity index (χ1) is 9.89. The van der Waals surface area contributed by atoms with Gasteiger partial charge in [0.15, 0.2) is 0 Å². The van der Waals surface area contributed by atoms with E-state index in [0.717, 1.165) is 32.2 Å². The predicted octanol–water partition coefficient (Wildman–Crippen LogP) is 2.65. The van der Waals surface area contributed by atoms with Gasteiger partial charge in [-0.05, 0) is 55.9 Å². The van der Waals surface area contributed by atoms with Crippen LogP contribution in [-0.4, -0.2) is 31.9 Å². The molecule has 21 heavy (non-hydrogen) atoms. The minimum atomic E-state index is -4.52. The first-order valence-electron chi connectivity index (χ1n) is 6.93. The number of hydrogen-bond acceptors (Lipinski definition) is 4. The largest absolute Gasteiger partial charge is 0.393 e. The Morgan fingerprint density at radius 3 is 2.24 bits per heavy atom. The van der Waals surface area contributed by atoms with Crippen molar-refractivity contribution in [3.05, 3.63) is 24.3 Å². The van der Waals surface area contributed by atoms with Crippen LogP contribution in [0.25, 0.3) is 0 Å². The van der Waals surface area contributed by atoms with Gasteiger partial charge in [-0.15, -0.1) is 0 Å². The van der Waals surface area contributed by atoms with Crippen molar-refractivity contribution in [3.8, 4) is 0 Å². The second-order valence-corrected chi connectivity index (χ2v) is 7.30. The molecule has 2 rings (SSSR count). The van der Waals surface area contributed by atoms with E-state index in [9.17, 15) is 22.3 Å². The second-order valence-electron chi connectivity index (χ2n) is 5.39. The zero-order valence-electron chi connectivity index (χ0n) is 11.5. The predicted molar refractivity (Wildman–Crippen MR) is 76.1 cm³/mol. The van der Waals surface area contributed by atoms with E-state index in [1.807, 2.05) is 0 Å². The first-order valence-corrected chi connectivity index (χ1v) is 8.48. The Morgan fingerprint density at radius 2 is 1.71 bits per heavy atom. The van der Waals surface area contributed by atoms with E-state index in [1.165, 1.54) is 24.3 Å². The normalized spacial score (nSPS) is 23.2. The molecule has 0 spiro atoms. The molecule has 0 saturated heterocycles. The maximum Gasteiger partial charge on any atom is 0.341 e. The van der Waals surface area contributed by atoms with Gasteiger partial charge in [0.2, 0.25) is 9.84 Å². The number of nitrogens with one attached hydrogen (secondary N) is 1. The Labute approximate surface area is 123 Å². The summed E-state index contributed by atoms with van der Waals surface area (Å²) in [6, 6.07) is 5.36. The number of benzene rings is 1. The summed E-state index contributed by atoms with van der Waals surface area (Å²) in [5.74, 6) is -2.93. The van der Waals surface area contributed by atoms with Gasteiger partial charge in [0.25, 0.3) is 0 Å². The van der Waals surface area contributed by atoms with E-state index < -0.39 is 15.6 Å². The minimum absolute atomic E-state index is 0.194. The molecule has 1 aromatic carbocycles. The number of anilines is 1. The van der Waals surface area contributed by atoms with Crippen LogP contribution in [0, 0.1) is 5.92 Å². The number of halogens is 2. The molecule has 2 N–H and O–H groups in total. The summed E-state index contributed by atoms with van der Waals surface area (Å²) in [7, 11) is -4.52. The van der Waals surface area contributed by atoms with Gasteiger partial charge in [0.1, 0.15) is 0 Å². The average molecular weight is 319 g/mol. The van der Waals surface area contributed by atoms with Crippen molar-refractivity contribution in [2.75, 3.05) is 11.9 Å². The Hall–Kier alpha value is -1.21. The highest BCUT2D eigenvalue weighted by molar-refractivity contribution is 7.91. The van der Waals surface area contributed by atoms with Gasteiger partial charge in [-0.2, -0.15) is 8.78 Å². The maximum atomic E-state index is 12.4. The molecule has 0 aliphatic heterocycles. The van der Waals surface area contributed by atoms with Gasteiger partial charge in [0, 0.05) is 12.2 Å². The van der Waals surface area contributed by atoms with Gasteiger partial charge in [-0.1, -0.05) is 0 Å². The van der Waals surface area contributed by atoms with Crippen LogP contribution in [0.3, 0.4) is 0 Å². The standard InChI is InChI=1S/C14H19F2NO3S/c15-14(16)21(19,20)13-7-3-11(4-8-13)17-9-10-1-5-12(18)6-2-10/h3-4,7-8,10,12,14,17-18H,1-2,5-6,9H2. The molecule has 0 radical (unpaired) electrons. The van der Waals surface area contributed by atoms with Crippen molar-refractivity contribution >= 4 is 15.5 Å². The van der Waals surface area contributed by atoms with Crippen molar-refractivity contribution < 1.29 is 22.3 Å². The molecule has 1 saturated carbocycles. The fourth-order valence-electron chi connectivity index (χ4n) is 2.48. The van der Waals surface area contributed by atoms with E-state index >= 15 is 0 Å². The monoisotopic (exact) mass is 319 g/mol. The molecule has 7 heteroatoms. The van der Waals surface area contributed by atoms with Crippen molar-refractivity contribution in [3.63, 3.8) is 0 Å². The van der Waals surface area contributed by atoms with Gasteiger partial charge < -0.3 is 10.4 Å². The van der Waals surface area contributed by atoms with Gasteiger partial charge in [-0.25, -0.2) is 8.42 Å². The molecule has 0 aromatic heterocycles. The summed E-state index contributed by atoms with van der Waals surface area (Å²) >= 11 is 0. The lowest BCUT2D eigenvalue weighted by Crippen LogP contribution is -2.23. The Balaban J connectivity index is 1.91. The number of hydrogen-bond donors (Lipinski definition) is 2. The molecular formula is C14H19F2NO3S. The lowest BCUT2D eigenvalue weighted by molar-refractivity contribution is 0.111. The van der Waals surface area contributed by atoms with Crippen molar-refractivity contribution in [2.45, 2.75) is 42.4 Å². The Bertz CT molecular complexity index is 552. The van der Waals surface area contributed by atoms with Crippen LogP contribution < -0.4 is 5.32 Å². The summed E-state index contributed by atoms with van der Waals surface area (Å²) in [6.45, 7) is 0.730. The Morgan fingerprint density at radius 1 is 1.14 bits per heavy atom. The molecule has 0 heterocycles. The van der Waals surface area contributed by atoms with E-state index in [1.54, 1.807) is 0 Å². The molecule has 4 nitrogen and oxygen atoms in total. The van der Waals surface area contributed by atoms with E-state index in [2.05, 4.69) is 5.32 Å². The van der Waals surface area contributed by atoms with E-state index in [4.69, 9.17) is 0 Å². The molecule has 0 bridgehead atoms. The maximum absolute atomic E-state index is 12.4. The van der Waals surface area contributed by atoms with Gasteiger partial charge in [0.05, 0.1) is 11.0 Å². The van der Waals surface area contributed by atoms with Crippen molar-refractivity contribution in [2.24, 2.45) is 5.92 Å². The highest BCUT2D eigenvalue weighted by Crippen LogP contribution is 2.25. The molecule has 1 aliphatic carbocycles. The molecule has 0 atom stereocenters. The zero-order chi connectivity index (χ0) is 15.5. The SMILES string of the molecule is O=S(=O)(c1ccc(NCC2CCC(O)CC2)cc1)C(F)F. The van der Waals surface area contributed by atoms with Crippen LogP contribution in [0.15, 0.2) is 29.2 Å². The summed E-state index contributed by atoms with van der Waals surface area (Å²) in [5, 5.41) is 12.6. The van der Waals surface area contributed by atoms with Crippen LogP contribution in [-0.2, 0) is 9.84 Å². The van der Waals surface area contributed by atoms with E-state index in [0.29, 0.717) is 11.6 Å². The third kappa shape index (κ3) is 4.14. The fourth-order valence-corrected chi connectivity index (χ4v) is 3.20. The highest BCUT2D eigenvalue weighted by atomic mass is 32.2. The van der Waals surface area contributed by atoms with Gasteiger partial charge in [-0.3, -0.25) is 0 Å². The molecule has 0 amide bonds. The zero-order valence-corrected chi connectivity index (χ0v) is 12.3. The Kier molecular flexibility index (Phi) is 5.16. The van der Waals surface area contributed by atoms with Crippen LogP contribution >= 0.6 is 0 Å². The minimum Gasteiger partial charge on any atom is -0.393 e. The molecular weight excluding hydrogens is 300 g/mol. The quantitative estimate of drug-likeness (QED) is 0.875. The van der Waals surface area contributed by atoms with E-state index in [-0.39, 0.29) is 11.0 Å². The van der Waals surface area contributed by atoms with Crippen LogP contribution in [0.2, 0.25) is 0 Å². The summed E-state index contributed by atoms with van der Waals surface area (Å²) in [4.78, 5) is -0.371. The topological polar surface area (TPSA) is 66.4 Å². The third-order valence-electron chi connectivity index (χ3n) is 3.83. The molecule has 1 aromatic rings. The summed E-state index contributed by atoms with van der Waals surface area (Å²) in [5.41, 5.74) is 0.703. The third-order valence-corrected chi connectivity index (χ3v) is 5.23. The summed E-state index contributed by atoms with van der Waals surface area (Å²) in [6.07, 6.45) is 3.31. The second kappa shape index (κ2) is 6.70. The van der Waals surface area contributed by atoms with Gasteiger partial charge >= 0.3 is 5.76 Å². The molecule has 0 unspecified atom stereocenters. The van der Waals surface area contributed by atoms with Crippen LogP contribution in [0.5, 0.6) is 0 Å². The van der Waals surface area contributed by atoms with Crippen LogP contribution in [0.1, 0.15) is 25.7 Å². The smallest absolute Gasteiger partial charge is 0.341 e. The molecule has 118 valence electrons. The number of aliphatic hydroxyl groups is 1. The highest BCUT2D eigenvalue weighted by Gasteiger charge is 2.26. The molecule has 1 aliphatic rings.